The topological polar surface area (TPSA) is 64.1 Å². The van der Waals surface area contributed by atoms with E-state index >= 15 is 0 Å². The first-order valence-electron chi connectivity index (χ1n) is 5.20. The summed E-state index contributed by atoms with van der Waals surface area (Å²) in [5.74, 6) is 0.654. The van der Waals surface area contributed by atoms with Crippen LogP contribution in [-0.2, 0) is 13.5 Å². The van der Waals surface area contributed by atoms with E-state index in [1.54, 1.807) is 10.9 Å². The normalized spacial score (nSPS) is 10.6. The number of aryl methyl sites for hydroxylation is 1. The van der Waals surface area contributed by atoms with Crippen LogP contribution in [0.3, 0.4) is 0 Å². The molecular weight excluding hydrogens is 202 g/mol. The Hall–Kier alpha value is -1.81. The van der Waals surface area contributed by atoms with Gasteiger partial charge in [0.2, 0.25) is 0 Å². The summed E-state index contributed by atoms with van der Waals surface area (Å²) in [4.78, 5) is 0. The molecule has 1 aromatic heterocycles. The van der Waals surface area contributed by atoms with Gasteiger partial charge in [-0.05, 0) is 17.5 Å². The summed E-state index contributed by atoms with van der Waals surface area (Å²) in [5, 5.41) is 13.0. The molecule has 0 aliphatic rings. The molecule has 2 rings (SSSR count). The van der Waals surface area contributed by atoms with Crippen LogP contribution in [-0.4, -0.2) is 21.5 Å². The predicted octanol–water partition coefficient (Wildman–Crippen LogP) is 1.20. The molecule has 4 nitrogen and oxygen atoms in total. The first-order valence-corrected chi connectivity index (χ1v) is 5.20. The zero-order valence-electron chi connectivity index (χ0n) is 9.22. The maximum Gasteiger partial charge on any atom is 0.129 e. The Kier molecular flexibility index (Phi) is 2.92. The van der Waals surface area contributed by atoms with Gasteiger partial charge in [-0.15, -0.1) is 0 Å². The SMILES string of the molecule is Cn1ncc(-c2cccc(CCO)c2)c1N. The lowest BCUT2D eigenvalue weighted by atomic mass is 10.0. The molecule has 0 spiro atoms. The Morgan fingerprint density at radius 1 is 1.44 bits per heavy atom. The average molecular weight is 217 g/mol. The monoisotopic (exact) mass is 217 g/mol. The number of nitrogens with zero attached hydrogens (tertiary/aromatic N) is 2. The minimum absolute atomic E-state index is 0.159. The van der Waals surface area contributed by atoms with Gasteiger partial charge in [-0.25, -0.2) is 0 Å². The van der Waals surface area contributed by atoms with E-state index in [4.69, 9.17) is 10.8 Å². The Morgan fingerprint density at radius 2 is 2.25 bits per heavy atom. The molecule has 0 atom stereocenters. The van der Waals surface area contributed by atoms with Crippen LogP contribution in [0.2, 0.25) is 0 Å². The molecule has 0 radical (unpaired) electrons. The molecule has 84 valence electrons. The van der Waals surface area contributed by atoms with Crippen LogP contribution in [0, 0.1) is 0 Å². The van der Waals surface area contributed by atoms with Crippen molar-refractivity contribution in [1.29, 1.82) is 0 Å². The fraction of sp³-hybridized carbons (Fsp3) is 0.250. The van der Waals surface area contributed by atoms with Crippen LogP contribution in [0.5, 0.6) is 0 Å². The summed E-state index contributed by atoms with van der Waals surface area (Å²) in [5.41, 5.74) is 8.98. The van der Waals surface area contributed by atoms with Gasteiger partial charge >= 0.3 is 0 Å². The highest BCUT2D eigenvalue weighted by Gasteiger charge is 2.07. The first-order chi connectivity index (χ1) is 7.72. The fourth-order valence-electron chi connectivity index (χ4n) is 1.69. The highest BCUT2D eigenvalue weighted by atomic mass is 16.2. The lowest BCUT2D eigenvalue weighted by Gasteiger charge is -2.03. The molecule has 1 aromatic carbocycles. The van der Waals surface area contributed by atoms with Gasteiger partial charge in [0.05, 0.1) is 6.20 Å². The number of hydrogen-bond donors (Lipinski definition) is 2. The maximum atomic E-state index is 8.90. The molecule has 4 heteroatoms. The van der Waals surface area contributed by atoms with E-state index in [-0.39, 0.29) is 6.61 Å². The highest BCUT2D eigenvalue weighted by molar-refractivity contribution is 5.73. The van der Waals surface area contributed by atoms with E-state index in [9.17, 15) is 0 Å². The summed E-state index contributed by atoms with van der Waals surface area (Å²) in [6.07, 6.45) is 2.42. The quantitative estimate of drug-likeness (QED) is 0.812. The first kappa shape index (κ1) is 10.7. The second-order valence-electron chi connectivity index (χ2n) is 3.74. The number of rotatable bonds is 3. The third kappa shape index (κ3) is 1.92. The molecule has 2 aromatic rings. The number of nitrogen functional groups attached to an aromatic ring is 1. The molecule has 1 heterocycles. The highest BCUT2D eigenvalue weighted by Crippen LogP contribution is 2.25. The zero-order chi connectivity index (χ0) is 11.5. The van der Waals surface area contributed by atoms with Crippen molar-refractivity contribution >= 4 is 5.82 Å². The molecule has 0 aliphatic carbocycles. The fourth-order valence-corrected chi connectivity index (χ4v) is 1.69. The van der Waals surface area contributed by atoms with E-state index in [1.165, 1.54) is 0 Å². The van der Waals surface area contributed by atoms with Gasteiger partial charge in [0.25, 0.3) is 0 Å². The van der Waals surface area contributed by atoms with Gasteiger partial charge < -0.3 is 10.8 Å². The molecule has 0 saturated carbocycles. The van der Waals surface area contributed by atoms with E-state index in [0.29, 0.717) is 12.2 Å². The van der Waals surface area contributed by atoms with Crippen molar-refractivity contribution in [3.8, 4) is 11.1 Å². The number of aromatic nitrogens is 2. The summed E-state index contributed by atoms with van der Waals surface area (Å²) in [6.45, 7) is 0.159. The van der Waals surface area contributed by atoms with E-state index < -0.39 is 0 Å². The second-order valence-corrected chi connectivity index (χ2v) is 3.74. The Bertz CT molecular complexity index is 491. The number of hydrogen-bond acceptors (Lipinski definition) is 3. The van der Waals surface area contributed by atoms with Crippen molar-refractivity contribution < 1.29 is 5.11 Å². The van der Waals surface area contributed by atoms with Gasteiger partial charge in [-0.2, -0.15) is 5.10 Å². The predicted molar refractivity (Wildman–Crippen MR) is 63.8 cm³/mol. The van der Waals surface area contributed by atoms with Crippen LogP contribution in [0.1, 0.15) is 5.56 Å². The van der Waals surface area contributed by atoms with Gasteiger partial charge in [0, 0.05) is 19.2 Å². The van der Waals surface area contributed by atoms with Crippen LogP contribution in [0.4, 0.5) is 5.82 Å². The zero-order valence-corrected chi connectivity index (χ0v) is 9.22. The summed E-state index contributed by atoms with van der Waals surface area (Å²) in [6, 6.07) is 7.98. The number of nitrogens with two attached hydrogens (primary N) is 1. The molecule has 0 fully saturated rings. The maximum absolute atomic E-state index is 8.90. The van der Waals surface area contributed by atoms with Crippen molar-refractivity contribution in [2.75, 3.05) is 12.3 Å². The molecule has 0 aliphatic heterocycles. The molecule has 0 bridgehead atoms. The Labute approximate surface area is 94.3 Å². The minimum Gasteiger partial charge on any atom is -0.396 e. The lowest BCUT2D eigenvalue weighted by Crippen LogP contribution is -1.98. The van der Waals surface area contributed by atoms with Crippen molar-refractivity contribution in [2.24, 2.45) is 7.05 Å². The summed E-state index contributed by atoms with van der Waals surface area (Å²) in [7, 11) is 1.82. The molecular formula is C12H15N3O. The van der Waals surface area contributed by atoms with Crippen LogP contribution in [0.25, 0.3) is 11.1 Å². The van der Waals surface area contributed by atoms with Crippen LogP contribution in [0.15, 0.2) is 30.5 Å². The molecule has 0 unspecified atom stereocenters. The van der Waals surface area contributed by atoms with E-state index in [1.807, 2.05) is 31.3 Å². The van der Waals surface area contributed by atoms with Crippen molar-refractivity contribution in [3.63, 3.8) is 0 Å². The van der Waals surface area contributed by atoms with E-state index in [0.717, 1.165) is 16.7 Å². The molecule has 16 heavy (non-hydrogen) atoms. The minimum atomic E-state index is 0.159. The standard InChI is InChI=1S/C12H15N3O/c1-15-12(13)11(8-14-15)10-4-2-3-9(7-10)5-6-16/h2-4,7-8,16H,5-6,13H2,1H3. The van der Waals surface area contributed by atoms with Gasteiger partial charge in [-0.3, -0.25) is 4.68 Å². The number of anilines is 1. The smallest absolute Gasteiger partial charge is 0.129 e. The van der Waals surface area contributed by atoms with Crippen molar-refractivity contribution in [3.05, 3.63) is 36.0 Å². The van der Waals surface area contributed by atoms with Gasteiger partial charge in [0.1, 0.15) is 5.82 Å². The van der Waals surface area contributed by atoms with Crippen molar-refractivity contribution in [2.45, 2.75) is 6.42 Å². The van der Waals surface area contributed by atoms with Crippen molar-refractivity contribution in [1.82, 2.24) is 9.78 Å². The molecule has 0 saturated heterocycles. The molecule has 3 N–H and O–H groups in total. The summed E-state index contributed by atoms with van der Waals surface area (Å²) >= 11 is 0. The number of aliphatic hydroxyl groups is 1. The average Bonchev–Trinajstić information content (AvgIpc) is 2.61. The third-order valence-electron chi connectivity index (χ3n) is 2.62. The Balaban J connectivity index is 2.40. The largest absolute Gasteiger partial charge is 0.396 e. The number of benzene rings is 1. The second kappa shape index (κ2) is 4.37. The van der Waals surface area contributed by atoms with Gasteiger partial charge in [0.15, 0.2) is 0 Å². The molecule has 0 amide bonds. The lowest BCUT2D eigenvalue weighted by molar-refractivity contribution is 0.299. The Morgan fingerprint density at radius 3 is 2.88 bits per heavy atom. The van der Waals surface area contributed by atoms with Crippen LogP contribution < -0.4 is 5.73 Å². The van der Waals surface area contributed by atoms with E-state index in [2.05, 4.69) is 5.10 Å². The third-order valence-corrected chi connectivity index (χ3v) is 2.62. The van der Waals surface area contributed by atoms with Crippen LogP contribution >= 0.6 is 0 Å². The number of aliphatic hydroxyl groups excluding tert-OH is 1. The van der Waals surface area contributed by atoms with Gasteiger partial charge in [-0.1, -0.05) is 24.3 Å². The summed E-state index contributed by atoms with van der Waals surface area (Å²) < 4.78 is 1.65.